The van der Waals surface area contributed by atoms with E-state index in [1.54, 1.807) is 0 Å². The highest BCUT2D eigenvalue weighted by molar-refractivity contribution is 6.16. The molecule has 0 bridgehead atoms. The lowest BCUT2D eigenvalue weighted by Gasteiger charge is -2.13. The predicted octanol–water partition coefficient (Wildman–Crippen LogP) is 1.81. The van der Waals surface area contributed by atoms with Crippen LogP contribution < -0.4 is 0 Å². The summed E-state index contributed by atoms with van der Waals surface area (Å²) in [4.78, 5) is 0. The Hall–Kier alpha value is -0.243. The molecule has 0 fully saturated rings. The first-order chi connectivity index (χ1) is 5.35. The fourth-order valence-corrected chi connectivity index (χ4v) is 1.15. The third-order valence-corrected chi connectivity index (χ3v) is 2.01. The summed E-state index contributed by atoms with van der Waals surface area (Å²) in [5.41, 5.74) is 2.08. The van der Waals surface area contributed by atoms with Crippen molar-refractivity contribution in [2.24, 2.45) is 0 Å². The van der Waals surface area contributed by atoms with Crippen LogP contribution in [0.1, 0.15) is 39.5 Å². The summed E-state index contributed by atoms with van der Waals surface area (Å²) in [5, 5.41) is 0. The molecule has 0 amide bonds. The molecule has 0 saturated heterocycles. The first-order valence-corrected chi connectivity index (χ1v) is 5.77. The second-order valence-electron chi connectivity index (χ2n) is 2.78. The molecule has 0 aromatic heterocycles. The summed E-state index contributed by atoms with van der Waals surface area (Å²) in [7, 11) is 1.10. The van der Waals surface area contributed by atoms with Crippen molar-refractivity contribution < 1.29 is 4.74 Å². The number of hydrogen-bond donors (Lipinski definition) is 0. The average molecular weight is 172 g/mol. The lowest BCUT2D eigenvalue weighted by atomic mass is 10.1. The Kier molecular flexibility index (Phi) is 7.69. The predicted molar refractivity (Wildman–Crippen MR) is 53.8 cm³/mol. The van der Waals surface area contributed by atoms with E-state index in [1.807, 2.05) is 6.26 Å². The number of ether oxygens (including phenoxy) is 1. The maximum Gasteiger partial charge on any atom is 0.0975 e. The first kappa shape index (κ1) is 10.8. The minimum absolute atomic E-state index is 0.458. The highest BCUT2D eigenvalue weighted by Crippen LogP contribution is 2.08. The third kappa shape index (κ3) is 6.17. The molecule has 0 rings (SSSR count). The second-order valence-corrected chi connectivity index (χ2v) is 3.44. The van der Waals surface area contributed by atoms with Crippen molar-refractivity contribution in [3.05, 3.63) is 12.0 Å². The summed E-state index contributed by atoms with van der Waals surface area (Å²) in [6.45, 7) is 4.40. The zero-order valence-electron chi connectivity index (χ0n) is 7.97. The Bertz CT molecular complexity index is 102. The molecule has 11 heavy (non-hydrogen) atoms. The molecule has 1 unspecified atom stereocenters. The van der Waals surface area contributed by atoms with Crippen LogP contribution in [-0.2, 0) is 4.74 Å². The van der Waals surface area contributed by atoms with Gasteiger partial charge in [-0.05, 0) is 12.8 Å². The molecular weight excluding hydrogens is 152 g/mol. The van der Waals surface area contributed by atoms with Crippen LogP contribution in [0.5, 0.6) is 0 Å². The van der Waals surface area contributed by atoms with Gasteiger partial charge in [-0.15, -0.1) is 0 Å². The fraction of sp³-hybridized carbons (Fsp3) is 0.778. The molecule has 0 aromatic rings. The molecule has 2 heteroatoms. The zero-order valence-corrected chi connectivity index (χ0v) is 9.97. The largest absolute Gasteiger partial charge is 0.499 e. The van der Waals surface area contributed by atoms with Crippen molar-refractivity contribution in [2.75, 3.05) is 0 Å². The normalized spacial score (nSPS) is 14.0. The highest BCUT2D eigenvalue weighted by Gasteiger charge is 2.02. The van der Waals surface area contributed by atoms with E-state index in [9.17, 15) is 0 Å². The molecule has 0 heterocycles. The van der Waals surface area contributed by atoms with Gasteiger partial charge in [0.2, 0.25) is 0 Å². The third-order valence-electron chi connectivity index (χ3n) is 1.74. The molecule has 1 atom stereocenters. The lowest BCUT2D eigenvalue weighted by Crippen LogP contribution is -2.07. The summed E-state index contributed by atoms with van der Waals surface area (Å²) in [6.07, 6.45) is 7.21. The first-order valence-electron chi connectivity index (χ1n) is 4.61. The van der Waals surface area contributed by atoms with Gasteiger partial charge < -0.3 is 4.74 Å². The van der Waals surface area contributed by atoms with Crippen molar-refractivity contribution in [3.63, 3.8) is 0 Å². The van der Waals surface area contributed by atoms with Gasteiger partial charge in [-0.25, -0.2) is 0 Å². The average Bonchev–Trinajstić information content (AvgIpc) is 2.05. The van der Waals surface area contributed by atoms with Crippen LogP contribution in [0.25, 0.3) is 0 Å². The Labute approximate surface area is 73.3 Å². The fourth-order valence-electron chi connectivity index (χ4n) is 0.990. The van der Waals surface area contributed by atoms with Crippen molar-refractivity contribution in [1.29, 1.82) is 0 Å². The van der Waals surface area contributed by atoms with Gasteiger partial charge in [0.15, 0.2) is 0 Å². The van der Waals surface area contributed by atoms with E-state index in [0.29, 0.717) is 6.10 Å². The van der Waals surface area contributed by atoms with Gasteiger partial charge in [0.25, 0.3) is 0 Å². The summed E-state index contributed by atoms with van der Waals surface area (Å²) in [6, 6.07) is 0. The van der Waals surface area contributed by atoms with Crippen LogP contribution in [0.15, 0.2) is 12.0 Å². The molecule has 0 radical (unpaired) electrons. The summed E-state index contributed by atoms with van der Waals surface area (Å²) < 4.78 is 5.50. The van der Waals surface area contributed by atoms with Gasteiger partial charge in [-0.2, -0.15) is 0 Å². The highest BCUT2D eigenvalue weighted by atomic mass is 28.1. The van der Waals surface area contributed by atoms with E-state index >= 15 is 0 Å². The van der Waals surface area contributed by atoms with E-state index in [4.69, 9.17) is 4.74 Å². The standard InChI is InChI=1S/C9H20OSi/c1-3-5-6-9(4-2)10-7-8-11/h7-9H,3-6H2,1-2,11H3. The second kappa shape index (κ2) is 7.86. The number of rotatable bonds is 6. The molecule has 0 spiro atoms. The van der Waals surface area contributed by atoms with Crippen LogP contribution >= 0.6 is 0 Å². The molecule has 0 aromatic carbocycles. The van der Waals surface area contributed by atoms with E-state index in [0.717, 1.165) is 16.7 Å². The molecule has 0 saturated carbocycles. The summed E-state index contributed by atoms with van der Waals surface area (Å²) >= 11 is 0. The number of unbranched alkanes of at least 4 members (excludes halogenated alkanes) is 1. The van der Waals surface area contributed by atoms with Crippen molar-refractivity contribution in [3.8, 4) is 0 Å². The molecular formula is C9H20OSi. The van der Waals surface area contributed by atoms with Crippen LogP contribution in [0.3, 0.4) is 0 Å². The van der Waals surface area contributed by atoms with E-state index in [-0.39, 0.29) is 0 Å². The van der Waals surface area contributed by atoms with Crippen LogP contribution in [-0.4, -0.2) is 16.3 Å². The maximum absolute atomic E-state index is 5.50. The van der Waals surface area contributed by atoms with Crippen molar-refractivity contribution in [1.82, 2.24) is 0 Å². The van der Waals surface area contributed by atoms with Gasteiger partial charge in [0, 0.05) is 10.2 Å². The molecule has 1 nitrogen and oxygen atoms in total. The van der Waals surface area contributed by atoms with E-state index in [1.165, 1.54) is 19.3 Å². The lowest BCUT2D eigenvalue weighted by molar-refractivity contribution is 0.129. The Morgan fingerprint density at radius 3 is 2.64 bits per heavy atom. The minimum Gasteiger partial charge on any atom is -0.499 e. The minimum atomic E-state index is 0.458. The van der Waals surface area contributed by atoms with Gasteiger partial charge in [0.05, 0.1) is 12.4 Å². The summed E-state index contributed by atoms with van der Waals surface area (Å²) in [5.74, 6) is 0. The van der Waals surface area contributed by atoms with E-state index in [2.05, 4.69) is 19.5 Å². The monoisotopic (exact) mass is 172 g/mol. The van der Waals surface area contributed by atoms with Crippen LogP contribution in [0.2, 0.25) is 0 Å². The van der Waals surface area contributed by atoms with Gasteiger partial charge >= 0.3 is 0 Å². The Morgan fingerprint density at radius 1 is 1.45 bits per heavy atom. The number of hydrogen-bond acceptors (Lipinski definition) is 1. The Morgan fingerprint density at radius 2 is 2.18 bits per heavy atom. The smallest absolute Gasteiger partial charge is 0.0975 e. The molecule has 66 valence electrons. The zero-order chi connectivity index (χ0) is 8.53. The van der Waals surface area contributed by atoms with Crippen LogP contribution in [0.4, 0.5) is 0 Å². The molecule has 0 aliphatic carbocycles. The Balaban J connectivity index is 3.40. The van der Waals surface area contributed by atoms with Gasteiger partial charge in [0.1, 0.15) is 0 Å². The topological polar surface area (TPSA) is 9.23 Å². The van der Waals surface area contributed by atoms with Crippen LogP contribution in [0, 0.1) is 0 Å². The van der Waals surface area contributed by atoms with Gasteiger partial charge in [-0.1, -0.05) is 32.4 Å². The maximum atomic E-state index is 5.50. The van der Waals surface area contributed by atoms with Gasteiger partial charge in [-0.3, -0.25) is 0 Å². The van der Waals surface area contributed by atoms with Crippen molar-refractivity contribution in [2.45, 2.75) is 45.6 Å². The van der Waals surface area contributed by atoms with Crippen molar-refractivity contribution >= 4 is 10.2 Å². The molecule has 0 N–H and O–H groups in total. The molecule has 0 aliphatic rings. The quantitative estimate of drug-likeness (QED) is 0.438. The SMILES string of the molecule is CCCCC(CC)OC=C[SiH3]. The molecule has 0 aliphatic heterocycles. The van der Waals surface area contributed by atoms with E-state index < -0.39 is 0 Å².